The van der Waals surface area contributed by atoms with Crippen molar-refractivity contribution in [1.29, 1.82) is 0 Å². The summed E-state index contributed by atoms with van der Waals surface area (Å²) in [6.45, 7) is 2.19. The number of ether oxygens (including phenoxy) is 1. The molecule has 0 fully saturated rings. The number of benzene rings is 1. The number of hydrogen-bond acceptors (Lipinski definition) is 4. The van der Waals surface area contributed by atoms with Crippen LogP contribution in [0.2, 0.25) is 5.02 Å². The van der Waals surface area contributed by atoms with E-state index in [9.17, 15) is 4.79 Å². The van der Waals surface area contributed by atoms with Crippen LogP contribution in [0.5, 0.6) is 5.75 Å². The van der Waals surface area contributed by atoms with Gasteiger partial charge < -0.3 is 14.1 Å². The Morgan fingerprint density at radius 1 is 1.39 bits per heavy atom. The van der Waals surface area contributed by atoms with Crippen molar-refractivity contribution in [2.24, 2.45) is 5.92 Å². The Bertz CT molecular complexity index is 844. The van der Waals surface area contributed by atoms with E-state index in [1.807, 2.05) is 6.07 Å². The number of halogens is 1. The van der Waals surface area contributed by atoms with Crippen molar-refractivity contribution < 1.29 is 9.15 Å². The maximum absolute atomic E-state index is 12.2. The smallest absolute Gasteiger partial charge is 0.339 e. The molecule has 2 aromatic rings. The summed E-state index contributed by atoms with van der Waals surface area (Å²) in [5.41, 5.74) is 2.06. The van der Waals surface area contributed by atoms with Crippen LogP contribution >= 0.6 is 23.8 Å². The molecular weight excluding hydrogens is 334 g/mol. The van der Waals surface area contributed by atoms with Gasteiger partial charge >= 0.3 is 5.63 Å². The first-order valence-corrected chi connectivity index (χ1v) is 8.32. The molecule has 1 aromatic carbocycles. The summed E-state index contributed by atoms with van der Waals surface area (Å²) in [7, 11) is 3.57. The zero-order valence-electron chi connectivity index (χ0n) is 13.3. The Morgan fingerprint density at radius 3 is 2.83 bits per heavy atom. The average Bonchev–Trinajstić information content (AvgIpc) is 2.49. The monoisotopic (exact) mass is 351 g/mol. The minimum Gasteiger partial charge on any atom is -0.430 e. The van der Waals surface area contributed by atoms with E-state index in [1.165, 1.54) is 0 Å². The molecule has 1 heterocycles. The molecule has 4 nitrogen and oxygen atoms in total. The summed E-state index contributed by atoms with van der Waals surface area (Å²) in [5.74, 6) is 0.938. The van der Waals surface area contributed by atoms with Gasteiger partial charge in [-0.1, -0.05) is 18.5 Å². The third-order valence-corrected chi connectivity index (χ3v) is 4.92. The van der Waals surface area contributed by atoms with E-state index in [0.29, 0.717) is 27.4 Å². The van der Waals surface area contributed by atoms with Gasteiger partial charge in [0.15, 0.2) is 5.75 Å². The maximum Gasteiger partial charge on any atom is 0.339 e. The molecule has 1 aliphatic rings. The summed E-state index contributed by atoms with van der Waals surface area (Å²) in [6.07, 6.45) is 2.63. The zero-order chi connectivity index (χ0) is 16.7. The Hall–Kier alpha value is -1.59. The van der Waals surface area contributed by atoms with Crippen LogP contribution in [0, 0.1) is 5.92 Å². The molecule has 0 saturated heterocycles. The average molecular weight is 352 g/mol. The molecule has 0 amide bonds. The predicted molar refractivity (Wildman–Crippen MR) is 95.6 cm³/mol. The van der Waals surface area contributed by atoms with E-state index in [-0.39, 0.29) is 5.63 Å². The van der Waals surface area contributed by atoms with Crippen LogP contribution in [0.3, 0.4) is 0 Å². The minimum absolute atomic E-state index is 0.261. The highest BCUT2D eigenvalue weighted by atomic mass is 35.5. The van der Waals surface area contributed by atoms with E-state index >= 15 is 0 Å². The van der Waals surface area contributed by atoms with Gasteiger partial charge in [0.25, 0.3) is 5.17 Å². The van der Waals surface area contributed by atoms with Crippen LogP contribution in [0.1, 0.15) is 24.5 Å². The highest BCUT2D eigenvalue weighted by molar-refractivity contribution is 7.80. The first-order chi connectivity index (χ1) is 10.9. The molecule has 6 heteroatoms. The van der Waals surface area contributed by atoms with Gasteiger partial charge in [-0.25, -0.2) is 4.79 Å². The van der Waals surface area contributed by atoms with Gasteiger partial charge in [0.2, 0.25) is 0 Å². The Kier molecular flexibility index (Phi) is 4.34. The molecular formula is C17H18ClNO3S. The fraction of sp³-hybridized carbons (Fsp3) is 0.412. The van der Waals surface area contributed by atoms with Crippen molar-refractivity contribution >= 4 is 40.0 Å². The van der Waals surface area contributed by atoms with Crippen LogP contribution < -0.4 is 10.4 Å². The molecule has 0 unspecified atom stereocenters. The number of nitrogens with zero attached hydrogens (tertiary/aromatic N) is 1. The number of fused-ring (bicyclic) bond motifs is 3. The first kappa shape index (κ1) is 16.3. The van der Waals surface area contributed by atoms with E-state index in [0.717, 1.165) is 35.8 Å². The molecule has 0 bridgehead atoms. The van der Waals surface area contributed by atoms with Crippen molar-refractivity contribution in [1.82, 2.24) is 4.90 Å². The predicted octanol–water partition coefficient (Wildman–Crippen LogP) is 3.80. The number of hydrogen-bond donors (Lipinski definition) is 0. The molecule has 1 atom stereocenters. The third-order valence-electron chi connectivity index (χ3n) is 4.17. The molecule has 122 valence electrons. The Morgan fingerprint density at radius 2 is 2.13 bits per heavy atom. The van der Waals surface area contributed by atoms with Gasteiger partial charge in [0.1, 0.15) is 5.58 Å². The van der Waals surface area contributed by atoms with E-state index in [2.05, 4.69) is 6.92 Å². The van der Waals surface area contributed by atoms with Gasteiger partial charge in [-0.15, -0.1) is 0 Å². The van der Waals surface area contributed by atoms with E-state index in [4.69, 9.17) is 33.0 Å². The van der Waals surface area contributed by atoms with Crippen molar-refractivity contribution in [3.8, 4) is 5.75 Å². The van der Waals surface area contributed by atoms with Gasteiger partial charge in [-0.05, 0) is 49.0 Å². The lowest BCUT2D eigenvalue weighted by molar-refractivity contribution is 0.447. The standard InChI is InChI=1S/C17H18ClNO3S/c1-9-4-5-10-11(6-9)12-7-13(18)15(22-17(23)19(2)3)8-14(12)21-16(10)20/h7-9H,4-6H2,1-3H3/t9-/m0/s1. The lowest BCUT2D eigenvalue weighted by Crippen LogP contribution is -2.25. The quantitative estimate of drug-likeness (QED) is 0.577. The summed E-state index contributed by atoms with van der Waals surface area (Å²) in [4.78, 5) is 13.9. The second kappa shape index (κ2) is 6.13. The molecule has 0 spiro atoms. The molecule has 0 saturated carbocycles. The van der Waals surface area contributed by atoms with Crippen molar-refractivity contribution in [2.45, 2.75) is 26.2 Å². The summed E-state index contributed by atoms with van der Waals surface area (Å²) < 4.78 is 11.1. The molecule has 3 rings (SSSR count). The molecule has 1 aliphatic carbocycles. The minimum atomic E-state index is -0.261. The molecule has 0 radical (unpaired) electrons. The molecule has 1 aromatic heterocycles. The van der Waals surface area contributed by atoms with Crippen LogP contribution in [-0.4, -0.2) is 24.2 Å². The van der Waals surface area contributed by atoms with Crippen molar-refractivity contribution in [3.05, 3.63) is 38.7 Å². The number of thiocarbonyl (C=S) groups is 1. The summed E-state index contributed by atoms with van der Waals surface area (Å²) in [6, 6.07) is 3.46. The third kappa shape index (κ3) is 3.08. The van der Waals surface area contributed by atoms with Crippen molar-refractivity contribution in [2.75, 3.05) is 14.1 Å². The molecule has 0 N–H and O–H groups in total. The summed E-state index contributed by atoms with van der Waals surface area (Å²) >= 11 is 11.5. The molecule has 23 heavy (non-hydrogen) atoms. The van der Waals surface area contributed by atoms with E-state index < -0.39 is 0 Å². The SMILES string of the molecule is C[C@H]1CCc2c(c3cc(Cl)c(OC(=S)N(C)C)cc3oc2=O)C1. The van der Waals surface area contributed by atoms with Gasteiger partial charge in [-0.2, -0.15) is 0 Å². The molecule has 0 aliphatic heterocycles. The van der Waals surface area contributed by atoms with Crippen LogP contribution in [0.4, 0.5) is 0 Å². The van der Waals surface area contributed by atoms with Crippen LogP contribution in [0.15, 0.2) is 21.3 Å². The van der Waals surface area contributed by atoms with Crippen LogP contribution in [0.25, 0.3) is 11.0 Å². The topological polar surface area (TPSA) is 42.7 Å². The maximum atomic E-state index is 12.2. The fourth-order valence-electron chi connectivity index (χ4n) is 2.89. The van der Waals surface area contributed by atoms with Gasteiger partial charge in [0.05, 0.1) is 5.02 Å². The van der Waals surface area contributed by atoms with Gasteiger partial charge in [-0.3, -0.25) is 0 Å². The lowest BCUT2D eigenvalue weighted by Gasteiger charge is -2.22. The Labute approximate surface area is 145 Å². The Balaban J connectivity index is 2.14. The van der Waals surface area contributed by atoms with E-state index in [1.54, 1.807) is 25.1 Å². The second-order valence-corrected chi connectivity index (χ2v) is 6.99. The number of rotatable bonds is 1. The zero-order valence-corrected chi connectivity index (χ0v) is 14.9. The fourth-order valence-corrected chi connectivity index (χ4v) is 3.19. The van der Waals surface area contributed by atoms with Crippen LogP contribution in [-0.2, 0) is 12.8 Å². The highest BCUT2D eigenvalue weighted by Crippen LogP contribution is 2.35. The second-order valence-electron chi connectivity index (χ2n) is 6.24. The summed E-state index contributed by atoms with van der Waals surface area (Å²) in [5, 5.41) is 1.63. The van der Waals surface area contributed by atoms with Gasteiger partial charge in [0, 0.05) is 31.1 Å². The van der Waals surface area contributed by atoms with Crippen molar-refractivity contribution in [3.63, 3.8) is 0 Å². The lowest BCUT2D eigenvalue weighted by atomic mass is 9.84. The largest absolute Gasteiger partial charge is 0.430 e. The first-order valence-electron chi connectivity index (χ1n) is 7.54. The normalized spacial score (nSPS) is 17.0. The highest BCUT2D eigenvalue weighted by Gasteiger charge is 2.23.